The predicted molar refractivity (Wildman–Crippen MR) is 141 cm³/mol. The molecule has 202 valence electrons. The number of amides is 4. The fourth-order valence-corrected chi connectivity index (χ4v) is 5.47. The molecule has 1 unspecified atom stereocenters. The Hall–Kier alpha value is -3.44. The Bertz CT molecular complexity index is 1210. The standard InChI is InChI=1S/C27H31FN4O5S/c1-18(33)20-6-8-22(9-7-20)29-27(36)31-14-11-25(34)32-23(12-15-38(2)37)26(35)30(17-24(31)32)13-10-19-4-3-5-21(28)16-19/h3-9,16,23-24H,10-15,17H2,1-2H3,(H,29,36)/t23-,24+,38?/m0/s1. The molecule has 2 aromatic rings. The van der Waals surface area contributed by atoms with E-state index in [1.165, 1.54) is 28.9 Å². The second kappa shape index (κ2) is 12.0. The molecule has 3 atom stereocenters. The molecule has 1 N–H and O–H groups in total. The zero-order valence-corrected chi connectivity index (χ0v) is 22.2. The van der Waals surface area contributed by atoms with E-state index in [4.69, 9.17) is 0 Å². The number of carbonyl (C=O) groups is 4. The topological polar surface area (TPSA) is 113 Å². The van der Waals surface area contributed by atoms with Gasteiger partial charge in [0.2, 0.25) is 11.8 Å². The van der Waals surface area contributed by atoms with Gasteiger partial charge >= 0.3 is 6.03 Å². The number of ketones is 1. The van der Waals surface area contributed by atoms with Gasteiger partial charge in [0, 0.05) is 37.2 Å². The van der Waals surface area contributed by atoms with Crippen LogP contribution in [0.15, 0.2) is 48.5 Å². The summed E-state index contributed by atoms with van der Waals surface area (Å²) in [5, 5.41) is 2.82. The maximum atomic E-state index is 13.7. The SMILES string of the molecule is CC(=O)c1ccc(NC(=O)N2CCC(=O)N3[C@@H]2CN(CCc2cccc(F)c2)C(=O)[C@@H]3CC[S+](C)[O-])cc1. The lowest BCUT2D eigenvalue weighted by atomic mass is 10.0. The Labute approximate surface area is 224 Å². The van der Waals surface area contributed by atoms with E-state index in [2.05, 4.69) is 5.32 Å². The highest BCUT2D eigenvalue weighted by atomic mass is 32.2. The van der Waals surface area contributed by atoms with E-state index in [-0.39, 0.29) is 61.6 Å². The summed E-state index contributed by atoms with van der Waals surface area (Å²) in [6.45, 7) is 2.04. The molecular formula is C27H31FN4O5S. The first-order valence-corrected chi connectivity index (χ1v) is 14.2. The Morgan fingerprint density at radius 1 is 1.16 bits per heavy atom. The van der Waals surface area contributed by atoms with Gasteiger partial charge in [0.25, 0.3) is 0 Å². The maximum Gasteiger partial charge on any atom is 0.323 e. The van der Waals surface area contributed by atoms with Crippen molar-refractivity contribution in [3.63, 3.8) is 0 Å². The quantitative estimate of drug-likeness (QED) is 0.407. The first-order chi connectivity index (χ1) is 18.1. The molecule has 0 radical (unpaired) electrons. The molecule has 11 heteroatoms. The van der Waals surface area contributed by atoms with Crippen molar-refractivity contribution in [3.05, 3.63) is 65.5 Å². The molecule has 38 heavy (non-hydrogen) atoms. The van der Waals surface area contributed by atoms with Crippen LogP contribution in [0, 0.1) is 5.82 Å². The van der Waals surface area contributed by atoms with Gasteiger partial charge in [0.15, 0.2) is 5.78 Å². The predicted octanol–water partition coefficient (Wildman–Crippen LogP) is 2.64. The van der Waals surface area contributed by atoms with Gasteiger partial charge in [0.05, 0.1) is 12.8 Å². The normalized spacial score (nSPS) is 20.3. The van der Waals surface area contributed by atoms with Crippen molar-refractivity contribution in [1.29, 1.82) is 0 Å². The van der Waals surface area contributed by atoms with Crippen LogP contribution in [0.1, 0.15) is 35.7 Å². The van der Waals surface area contributed by atoms with Gasteiger partial charge in [-0.2, -0.15) is 0 Å². The zero-order valence-electron chi connectivity index (χ0n) is 21.4. The lowest BCUT2D eigenvalue weighted by Gasteiger charge is -2.52. The summed E-state index contributed by atoms with van der Waals surface area (Å²) in [6, 6.07) is 11.4. The van der Waals surface area contributed by atoms with Gasteiger partial charge in [-0.3, -0.25) is 14.4 Å². The lowest BCUT2D eigenvalue weighted by molar-refractivity contribution is -0.166. The van der Waals surface area contributed by atoms with Crippen molar-refractivity contribution in [2.75, 3.05) is 37.0 Å². The van der Waals surface area contributed by atoms with Crippen LogP contribution in [0.25, 0.3) is 0 Å². The molecule has 2 saturated heterocycles. The fraction of sp³-hybridized carbons (Fsp3) is 0.407. The minimum atomic E-state index is -1.17. The van der Waals surface area contributed by atoms with Crippen molar-refractivity contribution in [3.8, 4) is 0 Å². The number of benzene rings is 2. The summed E-state index contributed by atoms with van der Waals surface area (Å²) in [7, 11) is 0. The number of anilines is 1. The van der Waals surface area contributed by atoms with Crippen LogP contribution in [0.4, 0.5) is 14.9 Å². The van der Waals surface area contributed by atoms with Gasteiger partial charge < -0.3 is 24.6 Å². The molecule has 0 aliphatic carbocycles. The number of rotatable bonds is 8. The minimum Gasteiger partial charge on any atom is -0.617 e. The second-order valence-electron chi connectivity index (χ2n) is 9.53. The molecule has 2 aromatic carbocycles. The van der Waals surface area contributed by atoms with Crippen LogP contribution in [0.3, 0.4) is 0 Å². The molecule has 4 amide bonds. The molecule has 0 aromatic heterocycles. The summed E-state index contributed by atoms with van der Waals surface area (Å²) in [5.74, 6) is -0.705. The maximum absolute atomic E-state index is 13.7. The Balaban J connectivity index is 1.56. The Kier molecular flexibility index (Phi) is 8.68. The van der Waals surface area contributed by atoms with Crippen LogP contribution in [-0.2, 0) is 27.2 Å². The number of piperazine rings is 1. The van der Waals surface area contributed by atoms with Crippen LogP contribution in [-0.4, -0.2) is 86.7 Å². The average molecular weight is 543 g/mol. The summed E-state index contributed by atoms with van der Waals surface area (Å²) < 4.78 is 25.5. The number of Topliss-reactive ketones (excluding diaryl/α,β-unsaturated/α-hetero) is 1. The zero-order chi connectivity index (χ0) is 27.4. The van der Waals surface area contributed by atoms with Crippen molar-refractivity contribution in [1.82, 2.24) is 14.7 Å². The number of carbonyl (C=O) groups excluding carboxylic acids is 4. The molecule has 2 heterocycles. The van der Waals surface area contributed by atoms with Crippen molar-refractivity contribution >= 4 is 40.5 Å². The third-order valence-corrected chi connectivity index (χ3v) is 7.70. The summed E-state index contributed by atoms with van der Waals surface area (Å²) >= 11 is -1.17. The number of nitrogens with one attached hydrogen (secondary N) is 1. The Morgan fingerprint density at radius 2 is 1.89 bits per heavy atom. The van der Waals surface area contributed by atoms with Crippen LogP contribution in [0.2, 0.25) is 0 Å². The largest absolute Gasteiger partial charge is 0.617 e. The van der Waals surface area contributed by atoms with E-state index >= 15 is 0 Å². The van der Waals surface area contributed by atoms with Crippen molar-refractivity contribution in [2.45, 2.75) is 38.4 Å². The smallest absolute Gasteiger partial charge is 0.323 e. The average Bonchev–Trinajstić information content (AvgIpc) is 2.87. The van der Waals surface area contributed by atoms with E-state index in [9.17, 15) is 28.1 Å². The molecule has 0 spiro atoms. The van der Waals surface area contributed by atoms with E-state index in [0.717, 1.165) is 5.56 Å². The molecule has 0 saturated carbocycles. The third-order valence-electron chi connectivity index (χ3n) is 6.89. The van der Waals surface area contributed by atoms with E-state index in [1.54, 1.807) is 47.6 Å². The third kappa shape index (κ3) is 6.33. The molecule has 4 rings (SSSR count). The van der Waals surface area contributed by atoms with E-state index < -0.39 is 29.4 Å². The summed E-state index contributed by atoms with van der Waals surface area (Å²) in [4.78, 5) is 56.0. The number of nitrogens with zero attached hydrogens (tertiary/aromatic N) is 3. The van der Waals surface area contributed by atoms with Gasteiger partial charge in [-0.15, -0.1) is 0 Å². The number of fused-ring (bicyclic) bond motifs is 1. The van der Waals surface area contributed by atoms with Crippen LogP contribution in [0.5, 0.6) is 0 Å². The van der Waals surface area contributed by atoms with Crippen molar-refractivity contribution in [2.24, 2.45) is 0 Å². The van der Waals surface area contributed by atoms with Crippen molar-refractivity contribution < 1.29 is 28.1 Å². The van der Waals surface area contributed by atoms with Gasteiger partial charge in [-0.05, 0) is 55.3 Å². The van der Waals surface area contributed by atoms with E-state index in [0.29, 0.717) is 17.7 Å². The van der Waals surface area contributed by atoms with Crippen LogP contribution >= 0.6 is 0 Å². The molecular weight excluding hydrogens is 511 g/mol. The summed E-state index contributed by atoms with van der Waals surface area (Å²) in [6.07, 6.45) is 1.53. The second-order valence-corrected chi connectivity index (χ2v) is 11.1. The first kappa shape index (κ1) is 27.6. The molecule has 2 fully saturated rings. The molecule has 2 aliphatic rings. The monoisotopic (exact) mass is 542 g/mol. The molecule has 0 bridgehead atoms. The fourth-order valence-electron chi connectivity index (χ4n) is 4.91. The highest BCUT2D eigenvalue weighted by Gasteiger charge is 2.48. The number of urea groups is 1. The number of hydrogen-bond donors (Lipinski definition) is 1. The van der Waals surface area contributed by atoms with E-state index in [1.807, 2.05) is 0 Å². The van der Waals surface area contributed by atoms with Gasteiger partial charge in [-0.25, -0.2) is 9.18 Å². The number of halogens is 1. The van der Waals surface area contributed by atoms with Crippen LogP contribution < -0.4 is 5.32 Å². The van der Waals surface area contributed by atoms with Gasteiger partial charge in [0.1, 0.15) is 23.8 Å². The number of hydrogen-bond acceptors (Lipinski definition) is 5. The lowest BCUT2D eigenvalue weighted by Crippen LogP contribution is -2.71. The highest BCUT2D eigenvalue weighted by molar-refractivity contribution is 7.90. The molecule has 9 nitrogen and oxygen atoms in total. The summed E-state index contributed by atoms with van der Waals surface area (Å²) in [5.41, 5.74) is 1.75. The highest BCUT2D eigenvalue weighted by Crippen LogP contribution is 2.28. The first-order valence-electron chi connectivity index (χ1n) is 12.5. The minimum absolute atomic E-state index is 0.0650. The van der Waals surface area contributed by atoms with Gasteiger partial charge in [-0.1, -0.05) is 23.3 Å². The molecule has 2 aliphatic heterocycles. The Morgan fingerprint density at radius 3 is 2.55 bits per heavy atom.